The molecule has 0 bridgehead atoms. The maximum Gasteiger partial charge on any atom is 0.352 e. The summed E-state index contributed by atoms with van der Waals surface area (Å²) in [5.41, 5.74) is 5.64. The van der Waals surface area contributed by atoms with Crippen LogP contribution in [0.4, 0.5) is 0 Å². The van der Waals surface area contributed by atoms with Crippen molar-refractivity contribution in [2.45, 2.75) is 20.0 Å². The number of ketones is 1. The zero-order valence-corrected chi connectivity index (χ0v) is 20.0. The lowest BCUT2D eigenvalue weighted by Crippen LogP contribution is -2.09. The number of aromatic carboxylic acids is 1. The lowest BCUT2D eigenvalue weighted by atomic mass is 10.1. The van der Waals surface area contributed by atoms with Gasteiger partial charge in [0.1, 0.15) is 5.69 Å². The highest BCUT2D eigenvalue weighted by Crippen LogP contribution is 2.22. The van der Waals surface area contributed by atoms with Crippen molar-refractivity contribution in [1.82, 2.24) is 9.13 Å². The molecule has 0 unspecified atom stereocenters. The topological polar surface area (TPSA) is 64.2 Å². The van der Waals surface area contributed by atoms with Crippen LogP contribution in [0, 0.1) is 6.92 Å². The molecule has 5 rings (SSSR count). The summed E-state index contributed by atoms with van der Waals surface area (Å²) in [5, 5.41) is 10.6. The highest BCUT2D eigenvalue weighted by Gasteiger charge is 2.15. The number of carboxylic acid groups (broad SMARTS) is 1. The van der Waals surface area contributed by atoms with Crippen molar-refractivity contribution >= 4 is 28.7 Å². The lowest BCUT2D eigenvalue weighted by molar-refractivity contribution is 0.0686. The van der Waals surface area contributed by atoms with Crippen LogP contribution in [-0.2, 0) is 13.1 Å². The molecule has 0 radical (unpaired) electrons. The van der Waals surface area contributed by atoms with Crippen LogP contribution in [-0.4, -0.2) is 26.0 Å². The Hall–Kier alpha value is -4.64. The molecule has 0 saturated carbocycles. The summed E-state index contributed by atoms with van der Waals surface area (Å²) in [4.78, 5) is 24.8. The highest BCUT2D eigenvalue weighted by molar-refractivity contribution is 6.08. The third-order valence-corrected chi connectivity index (χ3v) is 6.31. The summed E-state index contributed by atoms with van der Waals surface area (Å²) in [7, 11) is 0. The van der Waals surface area contributed by atoms with E-state index in [0.29, 0.717) is 24.3 Å². The molecule has 0 amide bonds. The maximum atomic E-state index is 12.9. The van der Waals surface area contributed by atoms with Gasteiger partial charge >= 0.3 is 5.97 Å². The first-order valence-electron chi connectivity index (χ1n) is 11.8. The number of fused-ring (bicyclic) bond motifs is 1. The molecular weight excluding hydrogens is 448 g/mol. The number of allylic oxidation sites excluding steroid dienone is 1. The van der Waals surface area contributed by atoms with Gasteiger partial charge in [-0.15, -0.1) is 0 Å². The third-order valence-electron chi connectivity index (χ3n) is 6.31. The number of aryl methyl sites for hydroxylation is 1. The standard InChI is InChI=1S/C31H26N2O3/c1-22-13-15-25(16-14-22)30(34)28-12-6-18-32(28)17-5-9-23-7-4-8-24(19-23)21-33-27-11-3-2-10-26(27)20-29(33)31(35)36/h2-16,18-20H,17,21H2,1H3,(H,35,36)/b9-5+. The van der Waals surface area contributed by atoms with Gasteiger partial charge in [0.15, 0.2) is 0 Å². The summed E-state index contributed by atoms with van der Waals surface area (Å²) in [5.74, 6) is -0.937. The van der Waals surface area contributed by atoms with Gasteiger partial charge in [0.2, 0.25) is 5.78 Å². The quantitative estimate of drug-likeness (QED) is 0.263. The molecule has 0 fully saturated rings. The van der Waals surface area contributed by atoms with Gasteiger partial charge in [0, 0.05) is 35.8 Å². The van der Waals surface area contributed by atoms with Gasteiger partial charge in [0.05, 0.1) is 5.69 Å². The largest absolute Gasteiger partial charge is 0.477 e. The lowest BCUT2D eigenvalue weighted by Gasteiger charge is -2.10. The molecule has 0 aliphatic carbocycles. The minimum Gasteiger partial charge on any atom is -0.477 e. The molecule has 5 nitrogen and oxygen atoms in total. The molecule has 0 saturated heterocycles. The summed E-state index contributed by atoms with van der Waals surface area (Å²) < 4.78 is 3.77. The molecule has 0 atom stereocenters. The summed E-state index contributed by atoms with van der Waals surface area (Å²) in [6, 6.07) is 28.8. The average molecular weight is 475 g/mol. The molecule has 2 heterocycles. The predicted octanol–water partition coefficient (Wildman–Crippen LogP) is 6.44. The minimum atomic E-state index is -0.940. The SMILES string of the molecule is Cc1ccc(C(=O)c2cccn2C/C=C/c2cccc(Cn3c(C(=O)O)cc4ccccc43)c2)cc1. The van der Waals surface area contributed by atoms with Gasteiger partial charge in [-0.25, -0.2) is 4.79 Å². The van der Waals surface area contributed by atoms with Gasteiger partial charge in [-0.3, -0.25) is 4.79 Å². The summed E-state index contributed by atoms with van der Waals surface area (Å²) in [6.07, 6.45) is 5.96. The van der Waals surface area contributed by atoms with E-state index < -0.39 is 5.97 Å². The van der Waals surface area contributed by atoms with Crippen LogP contribution in [0.2, 0.25) is 0 Å². The van der Waals surface area contributed by atoms with E-state index in [1.165, 1.54) is 0 Å². The minimum absolute atomic E-state index is 0.00332. The Morgan fingerprint density at radius 2 is 1.67 bits per heavy atom. The van der Waals surface area contributed by atoms with Crippen LogP contribution in [0.25, 0.3) is 17.0 Å². The maximum absolute atomic E-state index is 12.9. The first kappa shape index (κ1) is 23.1. The molecule has 0 aliphatic heterocycles. The molecular formula is C31H26N2O3. The summed E-state index contributed by atoms with van der Waals surface area (Å²) >= 11 is 0. The molecule has 36 heavy (non-hydrogen) atoms. The Labute approximate surface area is 209 Å². The van der Waals surface area contributed by atoms with Gasteiger partial charge in [-0.1, -0.05) is 78.4 Å². The highest BCUT2D eigenvalue weighted by atomic mass is 16.4. The van der Waals surface area contributed by atoms with Crippen molar-refractivity contribution in [3.63, 3.8) is 0 Å². The second-order valence-corrected chi connectivity index (χ2v) is 8.87. The van der Waals surface area contributed by atoms with Crippen LogP contribution in [0.1, 0.15) is 43.2 Å². The van der Waals surface area contributed by atoms with Crippen molar-refractivity contribution in [1.29, 1.82) is 0 Å². The van der Waals surface area contributed by atoms with E-state index in [2.05, 4.69) is 6.07 Å². The smallest absolute Gasteiger partial charge is 0.352 e. The van der Waals surface area contributed by atoms with Crippen molar-refractivity contribution in [3.05, 3.63) is 137 Å². The number of aromatic nitrogens is 2. The van der Waals surface area contributed by atoms with Crippen LogP contribution >= 0.6 is 0 Å². The van der Waals surface area contributed by atoms with Crippen LogP contribution in [0.15, 0.2) is 103 Å². The molecule has 1 N–H and O–H groups in total. The first-order valence-corrected chi connectivity index (χ1v) is 11.8. The van der Waals surface area contributed by atoms with Crippen molar-refractivity contribution in [3.8, 4) is 0 Å². The Balaban J connectivity index is 1.33. The van der Waals surface area contributed by atoms with E-state index >= 15 is 0 Å². The van der Waals surface area contributed by atoms with Crippen LogP contribution < -0.4 is 0 Å². The second kappa shape index (κ2) is 9.92. The number of hydrogen-bond donors (Lipinski definition) is 1. The van der Waals surface area contributed by atoms with E-state index in [4.69, 9.17) is 0 Å². The normalized spacial score (nSPS) is 11.4. The number of hydrogen-bond acceptors (Lipinski definition) is 2. The van der Waals surface area contributed by atoms with Crippen molar-refractivity contribution < 1.29 is 14.7 Å². The number of carbonyl (C=O) groups excluding carboxylic acids is 1. The molecule has 178 valence electrons. The first-order chi connectivity index (χ1) is 17.5. The van der Waals surface area contributed by atoms with Gasteiger partial charge < -0.3 is 14.2 Å². The van der Waals surface area contributed by atoms with Gasteiger partial charge in [-0.05, 0) is 48.4 Å². The number of para-hydroxylation sites is 1. The zero-order chi connectivity index (χ0) is 25.1. The number of nitrogens with zero attached hydrogens (tertiary/aromatic N) is 2. The Bertz CT molecular complexity index is 1590. The fraction of sp³-hybridized carbons (Fsp3) is 0.0968. The molecule has 0 spiro atoms. The molecule has 5 heteroatoms. The second-order valence-electron chi connectivity index (χ2n) is 8.87. The molecule has 5 aromatic rings. The molecule has 3 aromatic carbocycles. The van der Waals surface area contributed by atoms with Crippen molar-refractivity contribution in [2.24, 2.45) is 0 Å². The average Bonchev–Trinajstić information content (AvgIpc) is 3.50. The van der Waals surface area contributed by atoms with Crippen LogP contribution in [0.5, 0.6) is 0 Å². The van der Waals surface area contributed by atoms with Crippen molar-refractivity contribution in [2.75, 3.05) is 0 Å². The van der Waals surface area contributed by atoms with Gasteiger partial charge in [-0.2, -0.15) is 0 Å². The zero-order valence-electron chi connectivity index (χ0n) is 20.0. The van der Waals surface area contributed by atoms with E-state index in [1.54, 1.807) is 6.07 Å². The Morgan fingerprint density at radius 1 is 0.861 bits per heavy atom. The number of rotatable bonds is 8. The number of carbonyl (C=O) groups is 2. The molecule has 2 aromatic heterocycles. The summed E-state index contributed by atoms with van der Waals surface area (Å²) in [6.45, 7) is 3.03. The fourth-order valence-electron chi connectivity index (χ4n) is 4.47. The van der Waals surface area contributed by atoms with E-state index in [1.807, 2.05) is 113 Å². The van der Waals surface area contributed by atoms with Gasteiger partial charge in [0.25, 0.3) is 0 Å². The number of carboxylic acids is 1. The van der Waals surface area contributed by atoms with E-state index in [0.717, 1.165) is 27.6 Å². The van der Waals surface area contributed by atoms with E-state index in [9.17, 15) is 14.7 Å². The van der Waals surface area contributed by atoms with E-state index in [-0.39, 0.29) is 11.5 Å². The molecule has 0 aliphatic rings. The third kappa shape index (κ3) is 4.77. The Morgan fingerprint density at radius 3 is 2.47 bits per heavy atom. The fourth-order valence-corrected chi connectivity index (χ4v) is 4.47. The van der Waals surface area contributed by atoms with Crippen LogP contribution in [0.3, 0.4) is 0 Å². The predicted molar refractivity (Wildman–Crippen MR) is 143 cm³/mol. The monoisotopic (exact) mass is 474 g/mol. The number of benzene rings is 3. The Kier molecular flexibility index (Phi) is 6.37.